The minimum atomic E-state index is 0.381. The lowest BCUT2D eigenvalue weighted by atomic mass is 10.1. The summed E-state index contributed by atoms with van der Waals surface area (Å²) in [5.74, 6) is 0. The summed E-state index contributed by atoms with van der Waals surface area (Å²) >= 11 is 0. The number of benzene rings is 2. The molecule has 1 aromatic heterocycles. The Hall–Kier alpha value is -2.68. The molecule has 104 valence electrons. The van der Waals surface area contributed by atoms with Gasteiger partial charge in [0, 0.05) is 11.1 Å². The third-order valence-electron chi connectivity index (χ3n) is 3.31. The minimum Gasteiger partial charge on any atom is -0.467 e. The van der Waals surface area contributed by atoms with Crippen molar-refractivity contribution < 1.29 is 4.74 Å². The zero-order valence-corrected chi connectivity index (χ0v) is 12.1. The van der Waals surface area contributed by atoms with Gasteiger partial charge in [0.05, 0.1) is 18.5 Å². The largest absolute Gasteiger partial charge is 0.467 e. The minimum absolute atomic E-state index is 0.381. The van der Waals surface area contributed by atoms with E-state index in [-0.39, 0.29) is 0 Å². The summed E-state index contributed by atoms with van der Waals surface area (Å²) in [7, 11) is 1.59. The fourth-order valence-electron chi connectivity index (χ4n) is 2.15. The molecule has 0 aliphatic rings. The Morgan fingerprint density at radius 2 is 1.33 bits per heavy atom. The van der Waals surface area contributed by atoms with Gasteiger partial charge in [0.25, 0.3) is 0 Å². The van der Waals surface area contributed by atoms with Crippen molar-refractivity contribution in [1.82, 2.24) is 9.97 Å². The molecule has 0 amide bonds. The quantitative estimate of drug-likeness (QED) is 0.721. The Bertz CT molecular complexity index is 737. The van der Waals surface area contributed by atoms with Crippen LogP contribution >= 0.6 is 0 Å². The molecule has 3 nitrogen and oxygen atoms in total. The van der Waals surface area contributed by atoms with Crippen molar-refractivity contribution in [3.05, 3.63) is 66.2 Å². The van der Waals surface area contributed by atoms with E-state index in [1.54, 1.807) is 7.11 Å². The summed E-state index contributed by atoms with van der Waals surface area (Å²) in [6, 6.07) is 20.7. The number of hydrogen-bond acceptors (Lipinski definition) is 3. The number of ether oxygens (including phenoxy) is 1. The highest BCUT2D eigenvalue weighted by Gasteiger charge is 2.08. The van der Waals surface area contributed by atoms with Crippen LogP contribution in [-0.2, 0) is 0 Å². The number of aryl methyl sites for hydroxylation is 1. The standard InChI is InChI=1S/C18H16N2O/c1-13-8-10-15(11-9-13)17-12-16(19-18(20-17)21-2)14-6-4-3-5-7-14/h3-12H,1-2H3. The molecule has 0 spiro atoms. The van der Waals surface area contributed by atoms with E-state index in [4.69, 9.17) is 4.74 Å². The average Bonchev–Trinajstić information content (AvgIpc) is 2.56. The lowest BCUT2D eigenvalue weighted by Crippen LogP contribution is -1.96. The van der Waals surface area contributed by atoms with Crippen molar-refractivity contribution in [2.24, 2.45) is 0 Å². The zero-order chi connectivity index (χ0) is 14.7. The molecule has 0 atom stereocenters. The van der Waals surface area contributed by atoms with Crippen molar-refractivity contribution >= 4 is 0 Å². The molecule has 3 heteroatoms. The normalized spacial score (nSPS) is 10.4. The van der Waals surface area contributed by atoms with E-state index in [0.717, 1.165) is 22.5 Å². The second-order valence-electron chi connectivity index (χ2n) is 4.86. The second-order valence-corrected chi connectivity index (χ2v) is 4.86. The number of hydrogen-bond donors (Lipinski definition) is 0. The van der Waals surface area contributed by atoms with Crippen LogP contribution in [0.3, 0.4) is 0 Å². The number of methoxy groups -OCH3 is 1. The van der Waals surface area contributed by atoms with Crippen LogP contribution in [0, 0.1) is 6.92 Å². The zero-order valence-electron chi connectivity index (χ0n) is 12.1. The summed E-state index contributed by atoms with van der Waals surface area (Å²) in [4.78, 5) is 8.88. The molecule has 0 radical (unpaired) electrons. The van der Waals surface area contributed by atoms with Crippen LogP contribution in [0.1, 0.15) is 5.56 Å². The van der Waals surface area contributed by atoms with Gasteiger partial charge in [-0.2, -0.15) is 9.97 Å². The lowest BCUT2D eigenvalue weighted by molar-refractivity contribution is 0.381. The van der Waals surface area contributed by atoms with Gasteiger partial charge in [-0.25, -0.2) is 0 Å². The Kier molecular flexibility index (Phi) is 3.65. The fraction of sp³-hybridized carbons (Fsp3) is 0.111. The summed E-state index contributed by atoms with van der Waals surface area (Å²) in [6.45, 7) is 2.07. The summed E-state index contributed by atoms with van der Waals surface area (Å²) < 4.78 is 5.24. The molecule has 3 aromatic rings. The van der Waals surface area contributed by atoms with Crippen molar-refractivity contribution in [1.29, 1.82) is 0 Å². The second kappa shape index (κ2) is 5.75. The number of nitrogens with zero attached hydrogens (tertiary/aromatic N) is 2. The molecule has 0 saturated carbocycles. The van der Waals surface area contributed by atoms with Gasteiger partial charge in [0.1, 0.15) is 0 Å². The summed E-state index contributed by atoms with van der Waals surface area (Å²) in [5.41, 5.74) is 5.05. The maximum Gasteiger partial charge on any atom is 0.317 e. The maximum absolute atomic E-state index is 5.24. The van der Waals surface area contributed by atoms with Gasteiger partial charge in [-0.15, -0.1) is 0 Å². The van der Waals surface area contributed by atoms with Crippen molar-refractivity contribution in [3.8, 4) is 28.5 Å². The molecular weight excluding hydrogens is 260 g/mol. The third kappa shape index (κ3) is 2.92. The summed E-state index contributed by atoms with van der Waals surface area (Å²) in [5, 5.41) is 0. The molecule has 0 aliphatic carbocycles. The Balaban J connectivity index is 2.11. The molecule has 1 heterocycles. The molecule has 0 N–H and O–H groups in total. The number of rotatable bonds is 3. The van der Waals surface area contributed by atoms with Gasteiger partial charge in [0.15, 0.2) is 0 Å². The first-order chi connectivity index (χ1) is 10.3. The smallest absolute Gasteiger partial charge is 0.317 e. The van der Waals surface area contributed by atoms with Crippen LogP contribution in [0.2, 0.25) is 0 Å². The molecule has 0 unspecified atom stereocenters. The topological polar surface area (TPSA) is 35.0 Å². The Morgan fingerprint density at radius 1 is 0.762 bits per heavy atom. The van der Waals surface area contributed by atoms with Gasteiger partial charge >= 0.3 is 6.01 Å². The van der Waals surface area contributed by atoms with Gasteiger partial charge < -0.3 is 4.74 Å². The highest BCUT2D eigenvalue weighted by Crippen LogP contribution is 2.25. The van der Waals surface area contributed by atoms with Gasteiger partial charge in [-0.3, -0.25) is 0 Å². The molecule has 0 bridgehead atoms. The van der Waals surface area contributed by atoms with Crippen molar-refractivity contribution in [2.45, 2.75) is 6.92 Å². The van der Waals surface area contributed by atoms with E-state index in [1.165, 1.54) is 5.56 Å². The van der Waals surface area contributed by atoms with E-state index >= 15 is 0 Å². The van der Waals surface area contributed by atoms with Crippen LogP contribution in [0.4, 0.5) is 0 Å². The van der Waals surface area contributed by atoms with Crippen LogP contribution in [0.25, 0.3) is 22.5 Å². The van der Waals surface area contributed by atoms with E-state index in [0.29, 0.717) is 6.01 Å². The highest BCUT2D eigenvalue weighted by molar-refractivity contribution is 5.68. The maximum atomic E-state index is 5.24. The fourth-order valence-corrected chi connectivity index (χ4v) is 2.15. The van der Waals surface area contributed by atoms with Crippen LogP contribution in [0.15, 0.2) is 60.7 Å². The SMILES string of the molecule is COc1nc(-c2ccccc2)cc(-c2ccc(C)cc2)n1. The number of aromatic nitrogens is 2. The van der Waals surface area contributed by atoms with Crippen LogP contribution in [0.5, 0.6) is 6.01 Å². The first-order valence-electron chi connectivity index (χ1n) is 6.82. The van der Waals surface area contributed by atoms with Crippen molar-refractivity contribution in [3.63, 3.8) is 0 Å². The Morgan fingerprint density at radius 3 is 1.90 bits per heavy atom. The van der Waals surface area contributed by atoms with Gasteiger partial charge in [-0.05, 0) is 13.0 Å². The van der Waals surface area contributed by atoms with Crippen molar-refractivity contribution in [2.75, 3.05) is 7.11 Å². The molecule has 3 rings (SSSR count). The van der Waals surface area contributed by atoms with Gasteiger partial charge in [0.2, 0.25) is 0 Å². The van der Waals surface area contributed by atoms with E-state index in [2.05, 4.69) is 41.2 Å². The molecule has 0 saturated heterocycles. The van der Waals surface area contributed by atoms with Crippen LogP contribution in [-0.4, -0.2) is 17.1 Å². The first-order valence-corrected chi connectivity index (χ1v) is 6.82. The van der Waals surface area contributed by atoms with E-state index in [9.17, 15) is 0 Å². The molecule has 2 aromatic carbocycles. The molecule has 0 aliphatic heterocycles. The monoisotopic (exact) mass is 276 g/mol. The average molecular weight is 276 g/mol. The molecule has 21 heavy (non-hydrogen) atoms. The Labute approximate surface area is 124 Å². The predicted octanol–water partition coefficient (Wildman–Crippen LogP) is 4.13. The summed E-state index contributed by atoms with van der Waals surface area (Å²) in [6.07, 6.45) is 0. The van der Waals surface area contributed by atoms with Gasteiger partial charge in [-0.1, -0.05) is 60.2 Å². The van der Waals surface area contributed by atoms with E-state index in [1.807, 2.05) is 36.4 Å². The molecule has 0 fully saturated rings. The third-order valence-corrected chi connectivity index (χ3v) is 3.31. The highest BCUT2D eigenvalue weighted by atomic mass is 16.5. The van der Waals surface area contributed by atoms with Crippen LogP contribution < -0.4 is 4.74 Å². The van der Waals surface area contributed by atoms with E-state index < -0.39 is 0 Å². The lowest BCUT2D eigenvalue weighted by Gasteiger charge is -2.08. The molecular formula is C18H16N2O. The predicted molar refractivity (Wildman–Crippen MR) is 84.2 cm³/mol. The first kappa shape index (κ1) is 13.3.